The first-order valence-electron chi connectivity index (χ1n) is 8.00. The molecular weight excluding hydrogens is 264 g/mol. The van der Waals surface area contributed by atoms with Gasteiger partial charge in [0.05, 0.1) is 25.4 Å². The van der Waals surface area contributed by atoms with E-state index in [1.807, 2.05) is 12.1 Å². The third kappa shape index (κ3) is 3.07. The Morgan fingerprint density at radius 2 is 1.86 bits per heavy atom. The van der Waals surface area contributed by atoms with Crippen LogP contribution in [0.1, 0.15) is 37.8 Å². The zero-order chi connectivity index (χ0) is 14.8. The molecular formula is C17H26N2O2. The van der Waals surface area contributed by atoms with Crippen molar-refractivity contribution in [1.29, 1.82) is 0 Å². The van der Waals surface area contributed by atoms with Crippen LogP contribution in [0.5, 0.6) is 5.75 Å². The predicted octanol–water partition coefficient (Wildman–Crippen LogP) is 2.34. The highest BCUT2D eigenvalue weighted by Gasteiger charge is 2.38. The Balaban J connectivity index is 1.83. The molecule has 2 saturated heterocycles. The number of fused-ring (bicyclic) bond motifs is 2. The van der Waals surface area contributed by atoms with Gasteiger partial charge in [-0.2, -0.15) is 0 Å². The molecule has 21 heavy (non-hydrogen) atoms. The summed E-state index contributed by atoms with van der Waals surface area (Å²) in [7, 11) is 1.70. The van der Waals surface area contributed by atoms with Crippen LogP contribution >= 0.6 is 0 Å². The van der Waals surface area contributed by atoms with Crippen molar-refractivity contribution in [2.24, 2.45) is 5.73 Å². The van der Waals surface area contributed by atoms with Crippen LogP contribution < -0.4 is 10.5 Å². The van der Waals surface area contributed by atoms with Crippen LogP contribution in [0.15, 0.2) is 24.3 Å². The number of methoxy groups -OCH3 is 1. The van der Waals surface area contributed by atoms with E-state index in [-0.39, 0.29) is 12.1 Å². The Morgan fingerprint density at radius 3 is 2.38 bits per heavy atom. The van der Waals surface area contributed by atoms with Gasteiger partial charge in [0.15, 0.2) is 0 Å². The smallest absolute Gasteiger partial charge is 0.118 e. The number of likely N-dealkylation sites (tertiary alicyclic amines) is 1. The summed E-state index contributed by atoms with van der Waals surface area (Å²) in [5, 5.41) is 0. The molecule has 0 radical (unpaired) electrons. The van der Waals surface area contributed by atoms with Crippen molar-refractivity contribution < 1.29 is 9.47 Å². The van der Waals surface area contributed by atoms with Crippen molar-refractivity contribution in [2.45, 2.75) is 50.5 Å². The second kappa shape index (κ2) is 6.34. The van der Waals surface area contributed by atoms with Gasteiger partial charge in [-0.3, -0.25) is 4.90 Å². The topological polar surface area (TPSA) is 47.7 Å². The van der Waals surface area contributed by atoms with Gasteiger partial charge in [-0.25, -0.2) is 0 Å². The fraction of sp³-hybridized carbons (Fsp3) is 0.647. The van der Waals surface area contributed by atoms with E-state index in [1.165, 1.54) is 18.4 Å². The normalized spacial score (nSPS) is 28.3. The van der Waals surface area contributed by atoms with Crippen LogP contribution in [0.3, 0.4) is 0 Å². The predicted molar refractivity (Wildman–Crippen MR) is 83.5 cm³/mol. The quantitative estimate of drug-likeness (QED) is 0.904. The maximum atomic E-state index is 6.45. The Labute approximate surface area is 127 Å². The average molecular weight is 290 g/mol. The first kappa shape index (κ1) is 14.8. The van der Waals surface area contributed by atoms with Gasteiger partial charge in [-0.05, 0) is 37.0 Å². The summed E-state index contributed by atoms with van der Waals surface area (Å²) in [5.74, 6) is 0.893. The van der Waals surface area contributed by atoms with E-state index in [4.69, 9.17) is 15.2 Å². The fourth-order valence-electron chi connectivity index (χ4n) is 3.63. The molecule has 2 N–H and O–H groups in total. The molecule has 1 aromatic carbocycles. The van der Waals surface area contributed by atoms with Crippen molar-refractivity contribution in [3.63, 3.8) is 0 Å². The van der Waals surface area contributed by atoms with E-state index in [9.17, 15) is 0 Å². The first-order valence-corrected chi connectivity index (χ1v) is 8.00. The molecule has 2 bridgehead atoms. The third-order valence-electron chi connectivity index (χ3n) is 4.80. The summed E-state index contributed by atoms with van der Waals surface area (Å²) in [5.41, 5.74) is 7.73. The molecule has 116 valence electrons. The van der Waals surface area contributed by atoms with E-state index >= 15 is 0 Å². The highest BCUT2D eigenvalue weighted by molar-refractivity contribution is 5.30. The first-order chi connectivity index (χ1) is 10.2. The van der Waals surface area contributed by atoms with Crippen molar-refractivity contribution >= 4 is 0 Å². The van der Waals surface area contributed by atoms with Crippen LogP contribution in [-0.4, -0.2) is 43.3 Å². The molecule has 4 heteroatoms. The molecule has 0 amide bonds. The van der Waals surface area contributed by atoms with Gasteiger partial charge in [0.2, 0.25) is 0 Å². The van der Waals surface area contributed by atoms with E-state index in [1.54, 1.807) is 7.11 Å². The van der Waals surface area contributed by atoms with Crippen molar-refractivity contribution in [2.75, 3.05) is 20.2 Å². The highest BCUT2D eigenvalue weighted by atomic mass is 16.5. The number of nitrogens with two attached hydrogens (primary N) is 1. The molecule has 4 atom stereocenters. The largest absolute Gasteiger partial charge is 0.497 e. The summed E-state index contributed by atoms with van der Waals surface area (Å²) in [6.45, 7) is 4.16. The van der Waals surface area contributed by atoms with E-state index in [0.717, 1.165) is 25.3 Å². The van der Waals surface area contributed by atoms with Gasteiger partial charge in [0.1, 0.15) is 5.75 Å². The van der Waals surface area contributed by atoms with Crippen molar-refractivity contribution in [3.05, 3.63) is 29.8 Å². The Kier molecular flexibility index (Phi) is 4.48. The lowest BCUT2D eigenvalue weighted by atomic mass is 9.95. The zero-order valence-electron chi connectivity index (χ0n) is 13.0. The van der Waals surface area contributed by atoms with Gasteiger partial charge in [0.25, 0.3) is 0 Å². The molecule has 1 aromatic rings. The monoisotopic (exact) mass is 290 g/mol. The average Bonchev–Trinajstić information content (AvgIpc) is 2.86. The fourth-order valence-corrected chi connectivity index (χ4v) is 3.63. The molecule has 2 fully saturated rings. The van der Waals surface area contributed by atoms with Gasteiger partial charge < -0.3 is 15.2 Å². The van der Waals surface area contributed by atoms with Gasteiger partial charge in [-0.1, -0.05) is 19.1 Å². The number of benzene rings is 1. The molecule has 0 aliphatic carbocycles. The second-order valence-electron chi connectivity index (χ2n) is 6.20. The van der Waals surface area contributed by atoms with Crippen molar-refractivity contribution in [3.8, 4) is 5.75 Å². The van der Waals surface area contributed by atoms with Crippen LogP contribution in [0.2, 0.25) is 0 Å². The summed E-state index contributed by atoms with van der Waals surface area (Å²) in [6, 6.07) is 8.77. The van der Waals surface area contributed by atoms with Crippen molar-refractivity contribution in [1.82, 2.24) is 4.90 Å². The molecule has 4 nitrogen and oxygen atoms in total. The lowest BCUT2D eigenvalue weighted by Crippen LogP contribution is -2.49. The number of hydrogen-bond donors (Lipinski definition) is 1. The molecule has 3 rings (SSSR count). The third-order valence-corrected chi connectivity index (χ3v) is 4.80. The number of morpholine rings is 1. The summed E-state index contributed by atoms with van der Waals surface area (Å²) < 4.78 is 11.2. The Hall–Kier alpha value is -1.10. The second-order valence-corrected chi connectivity index (χ2v) is 6.20. The lowest BCUT2D eigenvalue weighted by molar-refractivity contribution is -0.0568. The summed E-state index contributed by atoms with van der Waals surface area (Å²) in [6.07, 6.45) is 4.15. The number of rotatable bonds is 5. The SMILES string of the molecule is CCC(N)C(c1ccc(OC)cc1)N1CC2CCC(C1)O2. The Bertz CT molecular complexity index is 450. The highest BCUT2D eigenvalue weighted by Crippen LogP contribution is 2.34. The van der Waals surface area contributed by atoms with E-state index in [2.05, 4.69) is 24.0 Å². The minimum atomic E-state index is 0.149. The molecule has 4 unspecified atom stereocenters. The van der Waals surface area contributed by atoms with Gasteiger partial charge in [-0.15, -0.1) is 0 Å². The number of nitrogens with zero attached hydrogens (tertiary/aromatic N) is 1. The minimum absolute atomic E-state index is 0.149. The van der Waals surface area contributed by atoms with Gasteiger partial charge in [0, 0.05) is 19.1 Å². The number of ether oxygens (including phenoxy) is 2. The maximum Gasteiger partial charge on any atom is 0.118 e. The number of hydrogen-bond acceptors (Lipinski definition) is 4. The van der Waals surface area contributed by atoms with Gasteiger partial charge >= 0.3 is 0 Å². The maximum absolute atomic E-state index is 6.45. The Morgan fingerprint density at radius 1 is 1.24 bits per heavy atom. The minimum Gasteiger partial charge on any atom is -0.497 e. The molecule has 2 heterocycles. The van der Waals surface area contributed by atoms with Crippen LogP contribution in [-0.2, 0) is 4.74 Å². The van der Waals surface area contributed by atoms with Crippen LogP contribution in [0.4, 0.5) is 0 Å². The van der Waals surface area contributed by atoms with Crippen LogP contribution in [0.25, 0.3) is 0 Å². The zero-order valence-corrected chi connectivity index (χ0v) is 13.0. The summed E-state index contributed by atoms with van der Waals surface area (Å²) in [4.78, 5) is 2.53. The molecule has 2 aliphatic heterocycles. The molecule has 0 saturated carbocycles. The molecule has 2 aliphatic rings. The van der Waals surface area contributed by atoms with E-state index < -0.39 is 0 Å². The molecule has 0 aromatic heterocycles. The van der Waals surface area contributed by atoms with Crippen LogP contribution in [0, 0.1) is 0 Å². The molecule has 0 spiro atoms. The van der Waals surface area contributed by atoms with E-state index in [0.29, 0.717) is 12.2 Å². The summed E-state index contributed by atoms with van der Waals surface area (Å²) >= 11 is 0. The lowest BCUT2D eigenvalue weighted by Gasteiger charge is -2.40. The standard InChI is InChI=1S/C17H26N2O2/c1-3-16(18)17(12-4-6-13(20-2)7-5-12)19-10-14-8-9-15(11-19)21-14/h4-7,14-17H,3,8-11,18H2,1-2H3.